The molecule has 138 valence electrons. The number of carbonyl (C=O) groups excluding carboxylic acids is 1. The molecule has 1 aromatic carbocycles. The van der Waals surface area contributed by atoms with Gasteiger partial charge in [-0.2, -0.15) is 0 Å². The van der Waals surface area contributed by atoms with Crippen molar-refractivity contribution in [3.05, 3.63) is 53.0 Å². The summed E-state index contributed by atoms with van der Waals surface area (Å²) in [6, 6.07) is 4.96. The van der Waals surface area contributed by atoms with Gasteiger partial charge in [0.1, 0.15) is 0 Å². The second-order valence-electron chi connectivity index (χ2n) is 5.87. The topological polar surface area (TPSA) is 64.3 Å². The van der Waals surface area contributed by atoms with Gasteiger partial charge in [0.05, 0.1) is 12.2 Å². The van der Waals surface area contributed by atoms with Crippen molar-refractivity contribution in [1.29, 1.82) is 0 Å². The van der Waals surface area contributed by atoms with Crippen molar-refractivity contribution in [3.63, 3.8) is 0 Å². The van der Waals surface area contributed by atoms with Crippen LogP contribution in [0.4, 0.5) is 4.39 Å². The Hall–Kier alpha value is -2.30. The minimum Gasteiger partial charge on any atom is -0.491 e. The molecule has 4 nitrogen and oxygen atoms in total. The lowest BCUT2D eigenvalue weighted by Gasteiger charge is -2.12. The minimum absolute atomic E-state index is 0.0770. The summed E-state index contributed by atoms with van der Waals surface area (Å²) in [5.41, 5.74) is 6.96. The summed E-state index contributed by atoms with van der Waals surface area (Å²) >= 11 is 0. The van der Waals surface area contributed by atoms with Crippen LogP contribution >= 0.6 is 0 Å². The van der Waals surface area contributed by atoms with Crippen molar-refractivity contribution < 1.29 is 13.9 Å². The van der Waals surface area contributed by atoms with Gasteiger partial charge >= 0.3 is 0 Å². The number of hydrogen-bond acceptors (Lipinski definition) is 3. The Bertz CT molecular complexity index is 620. The predicted octanol–water partition coefficient (Wildman–Crippen LogP) is 4.21. The number of nitrogens with one attached hydrogen (secondary N) is 1. The normalized spacial score (nSPS) is 12.2. The summed E-state index contributed by atoms with van der Waals surface area (Å²) in [5.74, 6) is -0.531. The summed E-state index contributed by atoms with van der Waals surface area (Å²) in [7, 11) is 0. The SMILES string of the molecule is CC/C=C\C(C(=O)NCc1cccc(OCCCCC)c1F)=C(/C)N. The molecule has 5 heteroatoms. The number of rotatable bonds is 10. The smallest absolute Gasteiger partial charge is 0.253 e. The van der Waals surface area contributed by atoms with E-state index in [-0.39, 0.29) is 18.2 Å². The van der Waals surface area contributed by atoms with E-state index in [2.05, 4.69) is 12.2 Å². The lowest BCUT2D eigenvalue weighted by Crippen LogP contribution is -2.26. The van der Waals surface area contributed by atoms with E-state index in [1.807, 2.05) is 13.0 Å². The molecule has 0 atom stereocenters. The molecule has 1 rings (SSSR count). The molecule has 0 heterocycles. The molecular formula is C20H29FN2O2. The molecule has 25 heavy (non-hydrogen) atoms. The van der Waals surface area contributed by atoms with Crippen molar-refractivity contribution >= 4 is 5.91 Å². The first-order chi connectivity index (χ1) is 12.0. The second kappa shape index (κ2) is 11.3. The maximum absolute atomic E-state index is 14.5. The van der Waals surface area contributed by atoms with Crippen molar-refractivity contribution in [2.75, 3.05) is 6.61 Å². The van der Waals surface area contributed by atoms with Gasteiger partial charge < -0.3 is 15.8 Å². The van der Waals surface area contributed by atoms with Crippen LogP contribution in [0.2, 0.25) is 0 Å². The Morgan fingerprint density at radius 1 is 1.32 bits per heavy atom. The van der Waals surface area contributed by atoms with Gasteiger partial charge in [-0.15, -0.1) is 0 Å². The molecule has 0 bridgehead atoms. The first-order valence-corrected chi connectivity index (χ1v) is 8.82. The lowest BCUT2D eigenvalue weighted by molar-refractivity contribution is -0.117. The van der Waals surface area contributed by atoms with Gasteiger partial charge in [0.15, 0.2) is 11.6 Å². The first kappa shape index (κ1) is 20.7. The van der Waals surface area contributed by atoms with Crippen molar-refractivity contribution in [2.45, 2.75) is 53.0 Å². The highest BCUT2D eigenvalue weighted by molar-refractivity contribution is 5.96. The summed E-state index contributed by atoms with van der Waals surface area (Å²) in [4.78, 5) is 12.3. The third-order valence-electron chi connectivity index (χ3n) is 3.68. The monoisotopic (exact) mass is 348 g/mol. The number of allylic oxidation sites excluding steroid dienone is 2. The number of amides is 1. The minimum atomic E-state index is -0.432. The molecule has 0 aliphatic rings. The highest BCUT2D eigenvalue weighted by Crippen LogP contribution is 2.21. The number of benzene rings is 1. The summed E-state index contributed by atoms with van der Waals surface area (Å²) in [6.07, 6.45) is 7.38. The maximum atomic E-state index is 14.5. The third-order valence-corrected chi connectivity index (χ3v) is 3.68. The summed E-state index contributed by atoms with van der Waals surface area (Å²) in [5, 5.41) is 2.71. The van der Waals surface area contributed by atoms with Gasteiger partial charge in [0.2, 0.25) is 0 Å². The number of carbonyl (C=O) groups is 1. The standard InChI is InChI=1S/C20H29FN2O2/c1-4-6-8-13-25-18-12-9-10-16(19(18)21)14-23-20(24)17(15(3)22)11-7-5-2/h7,9-12H,4-6,8,13-14,22H2,1-3H3,(H,23,24)/b11-7-,17-15-. The van der Waals surface area contributed by atoms with Crippen LogP contribution in [0, 0.1) is 5.82 Å². The van der Waals surface area contributed by atoms with Crippen LogP contribution in [0.25, 0.3) is 0 Å². The van der Waals surface area contributed by atoms with Crippen LogP contribution in [0.3, 0.4) is 0 Å². The van der Waals surface area contributed by atoms with Gasteiger partial charge in [0.25, 0.3) is 5.91 Å². The number of nitrogens with two attached hydrogens (primary N) is 1. The molecule has 0 radical (unpaired) electrons. The Kier molecular flexibility index (Phi) is 9.37. The Labute approximate surface area is 149 Å². The fraction of sp³-hybridized carbons (Fsp3) is 0.450. The zero-order valence-electron chi connectivity index (χ0n) is 15.4. The average Bonchev–Trinajstić information content (AvgIpc) is 2.59. The molecule has 0 fully saturated rings. The van der Waals surface area contributed by atoms with E-state index in [0.717, 1.165) is 25.7 Å². The highest BCUT2D eigenvalue weighted by Gasteiger charge is 2.12. The molecular weight excluding hydrogens is 319 g/mol. The van der Waals surface area contributed by atoms with E-state index in [4.69, 9.17) is 10.5 Å². The Morgan fingerprint density at radius 2 is 2.08 bits per heavy atom. The van der Waals surface area contributed by atoms with Crippen LogP contribution in [0.1, 0.15) is 52.0 Å². The first-order valence-electron chi connectivity index (χ1n) is 8.82. The summed E-state index contributed by atoms with van der Waals surface area (Å²) < 4.78 is 20.0. The predicted molar refractivity (Wildman–Crippen MR) is 99.6 cm³/mol. The molecule has 0 aromatic heterocycles. The zero-order valence-corrected chi connectivity index (χ0v) is 15.4. The third kappa shape index (κ3) is 6.99. The fourth-order valence-electron chi connectivity index (χ4n) is 2.23. The van der Waals surface area contributed by atoms with E-state index in [0.29, 0.717) is 23.4 Å². The molecule has 1 amide bonds. The number of ether oxygens (including phenoxy) is 1. The van der Waals surface area contributed by atoms with Gasteiger partial charge in [-0.05, 0) is 25.8 Å². The van der Waals surface area contributed by atoms with Crippen LogP contribution in [0.5, 0.6) is 5.75 Å². The number of unbranched alkanes of at least 4 members (excludes halogenated alkanes) is 2. The van der Waals surface area contributed by atoms with E-state index in [1.54, 1.807) is 31.2 Å². The lowest BCUT2D eigenvalue weighted by atomic mass is 10.1. The van der Waals surface area contributed by atoms with Gasteiger partial charge in [-0.1, -0.05) is 51.0 Å². The number of halogens is 1. The van der Waals surface area contributed by atoms with Gasteiger partial charge in [0, 0.05) is 17.8 Å². The van der Waals surface area contributed by atoms with Gasteiger partial charge in [-0.25, -0.2) is 4.39 Å². The van der Waals surface area contributed by atoms with Crippen molar-refractivity contribution in [1.82, 2.24) is 5.32 Å². The zero-order chi connectivity index (χ0) is 18.7. The van der Waals surface area contributed by atoms with Crippen molar-refractivity contribution in [3.8, 4) is 5.75 Å². The van der Waals surface area contributed by atoms with Crippen LogP contribution in [-0.4, -0.2) is 12.5 Å². The van der Waals surface area contributed by atoms with E-state index < -0.39 is 5.82 Å². The molecule has 0 unspecified atom stereocenters. The highest BCUT2D eigenvalue weighted by atomic mass is 19.1. The van der Waals surface area contributed by atoms with E-state index in [1.165, 1.54) is 0 Å². The fourth-order valence-corrected chi connectivity index (χ4v) is 2.23. The molecule has 3 N–H and O–H groups in total. The average molecular weight is 348 g/mol. The molecule has 0 saturated heterocycles. The Morgan fingerprint density at radius 3 is 2.72 bits per heavy atom. The van der Waals surface area contributed by atoms with E-state index in [9.17, 15) is 9.18 Å². The maximum Gasteiger partial charge on any atom is 0.253 e. The van der Waals surface area contributed by atoms with Gasteiger partial charge in [-0.3, -0.25) is 4.79 Å². The largest absolute Gasteiger partial charge is 0.491 e. The molecule has 1 aromatic rings. The molecule has 0 aliphatic carbocycles. The van der Waals surface area contributed by atoms with Crippen LogP contribution in [-0.2, 0) is 11.3 Å². The Balaban J connectivity index is 2.72. The van der Waals surface area contributed by atoms with Crippen LogP contribution in [0.15, 0.2) is 41.6 Å². The van der Waals surface area contributed by atoms with Crippen molar-refractivity contribution in [2.24, 2.45) is 5.73 Å². The van der Waals surface area contributed by atoms with Crippen LogP contribution < -0.4 is 15.8 Å². The second-order valence-corrected chi connectivity index (χ2v) is 5.87. The van der Waals surface area contributed by atoms with E-state index >= 15 is 0 Å². The number of hydrogen-bond donors (Lipinski definition) is 2. The summed E-state index contributed by atoms with van der Waals surface area (Å²) in [6.45, 7) is 6.31. The quantitative estimate of drug-likeness (QED) is 0.378. The molecule has 0 aliphatic heterocycles. The molecule has 0 saturated carbocycles. The molecule has 0 spiro atoms.